The third-order valence-electron chi connectivity index (χ3n) is 9.21. The molecular weight excluding hydrogens is 557 g/mol. The third-order valence-corrected chi connectivity index (χ3v) is 9.49. The van der Waals surface area contributed by atoms with Crippen molar-refractivity contribution in [2.24, 2.45) is 34.8 Å². The van der Waals surface area contributed by atoms with Gasteiger partial charge >= 0.3 is 6.03 Å². The first kappa shape index (κ1) is 26.9. The molecule has 2 aromatic carbocycles. The maximum absolute atomic E-state index is 14.3. The topological polar surface area (TPSA) is 147 Å². The molecule has 41 heavy (non-hydrogen) atoms. The molecule has 0 aromatic heterocycles. The van der Waals surface area contributed by atoms with Gasteiger partial charge in [-0.25, -0.2) is 14.1 Å². The van der Waals surface area contributed by atoms with E-state index >= 15 is 0 Å². The second-order valence-corrected chi connectivity index (χ2v) is 11.4. The molecule has 4 aliphatic rings. The predicted octanol–water partition coefficient (Wildman–Crippen LogP) is 3.50. The molecule has 3 fully saturated rings. The van der Waals surface area contributed by atoms with Crippen LogP contribution in [0.3, 0.4) is 0 Å². The van der Waals surface area contributed by atoms with Crippen LogP contribution in [0.2, 0.25) is 5.02 Å². The van der Waals surface area contributed by atoms with Gasteiger partial charge in [0.1, 0.15) is 17.3 Å². The van der Waals surface area contributed by atoms with Gasteiger partial charge in [0.25, 0.3) is 0 Å². The first-order valence-electron chi connectivity index (χ1n) is 13.0. The van der Waals surface area contributed by atoms with E-state index in [2.05, 4.69) is 0 Å². The number of allylic oxidation sites excluding steroid dienone is 2. The second-order valence-electron chi connectivity index (χ2n) is 11.0. The van der Waals surface area contributed by atoms with Gasteiger partial charge in [0, 0.05) is 17.5 Å². The molecule has 2 aromatic rings. The normalized spacial score (nSPS) is 30.6. The van der Waals surface area contributed by atoms with E-state index < -0.39 is 70.5 Å². The van der Waals surface area contributed by atoms with Gasteiger partial charge < -0.3 is 15.6 Å². The van der Waals surface area contributed by atoms with Crippen LogP contribution in [0.25, 0.3) is 0 Å². The fourth-order valence-electron chi connectivity index (χ4n) is 7.34. The Balaban J connectivity index is 1.54. The van der Waals surface area contributed by atoms with E-state index in [9.17, 15) is 33.5 Å². The second kappa shape index (κ2) is 9.13. The first-order chi connectivity index (χ1) is 19.4. The Bertz CT molecular complexity index is 1610. The van der Waals surface area contributed by atoms with Crippen molar-refractivity contribution >= 4 is 46.9 Å². The zero-order valence-electron chi connectivity index (χ0n) is 22.0. The Morgan fingerprint density at radius 3 is 2.46 bits per heavy atom. The third kappa shape index (κ3) is 3.57. The van der Waals surface area contributed by atoms with Gasteiger partial charge in [0.2, 0.25) is 23.6 Å². The molecule has 2 aliphatic carbocycles. The van der Waals surface area contributed by atoms with Crippen LogP contribution in [-0.4, -0.2) is 46.8 Å². The number of phenolic OH excluding ortho intramolecular Hbond substituents is 1. The summed E-state index contributed by atoms with van der Waals surface area (Å²) in [5.74, 6) is -7.54. The Kier molecular flexibility index (Phi) is 6.00. The number of nitrogens with two attached hydrogens (primary N) is 1. The smallest absolute Gasteiger partial charge is 0.328 e. The van der Waals surface area contributed by atoms with Crippen molar-refractivity contribution < 1.29 is 38.2 Å². The van der Waals surface area contributed by atoms with Crippen molar-refractivity contribution in [3.63, 3.8) is 0 Å². The van der Waals surface area contributed by atoms with E-state index in [1.165, 1.54) is 25.3 Å². The van der Waals surface area contributed by atoms with E-state index in [-0.39, 0.29) is 29.3 Å². The number of halogens is 2. The maximum Gasteiger partial charge on any atom is 0.328 e. The zero-order valence-corrected chi connectivity index (χ0v) is 22.7. The summed E-state index contributed by atoms with van der Waals surface area (Å²) in [6.07, 6.45) is 1.91. The van der Waals surface area contributed by atoms with Crippen LogP contribution < -0.4 is 15.4 Å². The van der Waals surface area contributed by atoms with Gasteiger partial charge in [0.05, 0.1) is 41.0 Å². The lowest BCUT2D eigenvalue weighted by atomic mass is 9.51. The molecule has 6 unspecified atom stereocenters. The quantitative estimate of drug-likeness (QED) is 0.416. The molecule has 6 rings (SSSR count). The number of carbonyl (C=O) groups excluding carboxylic acids is 5. The van der Waals surface area contributed by atoms with Gasteiger partial charge in [-0.3, -0.25) is 19.2 Å². The van der Waals surface area contributed by atoms with Crippen molar-refractivity contribution in [1.82, 2.24) is 4.90 Å². The highest BCUT2D eigenvalue weighted by molar-refractivity contribution is 6.31. The summed E-state index contributed by atoms with van der Waals surface area (Å²) in [5.41, 5.74) is 4.95. The molecule has 6 amide bonds. The molecule has 3 N–H and O–H groups in total. The number of benzene rings is 2. The van der Waals surface area contributed by atoms with E-state index in [4.69, 9.17) is 22.1 Å². The van der Waals surface area contributed by atoms with Crippen LogP contribution in [0.15, 0.2) is 48.0 Å². The van der Waals surface area contributed by atoms with Crippen LogP contribution in [0, 0.1) is 34.9 Å². The number of primary amides is 1. The number of rotatable bonds is 3. The molecule has 2 saturated heterocycles. The van der Waals surface area contributed by atoms with Gasteiger partial charge in [-0.1, -0.05) is 29.3 Å². The van der Waals surface area contributed by atoms with Gasteiger partial charge in [0.15, 0.2) is 0 Å². The molecule has 12 heteroatoms. The molecular formula is C29H25ClFN3O7. The number of ether oxygens (including phenoxy) is 1. The highest BCUT2D eigenvalue weighted by atomic mass is 35.5. The van der Waals surface area contributed by atoms with Crippen LogP contribution in [0.5, 0.6) is 11.5 Å². The lowest BCUT2D eigenvalue weighted by Gasteiger charge is -2.49. The Hall–Kier alpha value is -4.25. The van der Waals surface area contributed by atoms with Crippen molar-refractivity contribution in [2.75, 3.05) is 12.0 Å². The summed E-state index contributed by atoms with van der Waals surface area (Å²) in [6.45, 7) is 1.64. The minimum absolute atomic E-state index is 0.0263. The Morgan fingerprint density at radius 1 is 1.10 bits per heavy atom. The summed E-state index contributed by atoms with van der Waals surface area (Å²) in [5, 5.41) is 10.9. The van der Waals surface area contributed by atoms with Gasteiger partial charge in [-0.2, -0.15) is 4.90 Å². The van der Waals surface area contributed by atoms with Crippen LogP contribution in [0.1, 0.15) is 31.2 Å². The summed E-state index contributed by atoms with van der Waals surface area (Å²) in [4.78, 5) is 68.1. The molecule has 10 nitrogen and oxygen atoms in total. The van der Waals surface area contributed by atoms with E-state index in [0.29, 0.717) is 21.8 Å². The van der Waals surface area contributed by atoms with Gasteiger partial charge in [-0.05, 0) is 49.9 Å². The SMILES string of the molecule is COc1ccc(C2C3=CCC4C(=O)N(C(N)=O)C(=O)C4C3CC3C(=O)N(c4ccc(F)c(Cl)c4)C(=O)C32C)c(O)c1. The average molecular weight is 582 g/mol. The molecule has 6 atom stereocenters. The Labute approximate surface area is 238 Å². The fourth-order valence-corrected chi connectivity index (χ4v) is 7.52. The number of amides is 6. The molecule has 0 bridgehead atoms. The number of hydrogen-bond donors (Lipinski definition) is 2. The number of fused-ring (bicyclic) bond motifs is 4. The highest BCUT2D eigenvalue weighted by Gasteiger charge is 2.68. The zero-order chi connectivity index (χ0) is 29.5. The fraction of sp³-hybridized carbons (Fsp3) is 0.345. The number of anilines is 1. The van der Waals surface area contributed by atoms with E-state index in [0.717, 1.165) is 11.0 Å². The Morgan fingerprint density at radius 2 is 1.83 bits per heavy atom. The van der Waals surface area contributed by atoms with Crippen molar-refractivity contribution in [2.45, 2.75) is 25.7 Å². The average Bonchev–Trinajstić information content (AvgIpc) is 3.30. The predicted molar refractivity (Wildman–Crippen MR) is 142 cm³/mol. The van der Waals surface area contributed by atoms with Crippen LogP contribution in [0.4, 0.5) is 14.9 Å². The van der Waals surface area contributed by atoms with E-state index in [1.807, 2.05) is 0 Å². The minimum atomic E-state index is -1.44. The first-order valence-corrected chi connectivity index (χ1v) is 13.4. The minimum Gasteiger partial charge on any atom is -0.508 e. The summed E-state index contributed by atoms with van der Waals surface area (Å²) < 4.78 is 19.2. The monoisotopic (exact) mass is 581 g/mol. The number of phenols is 1. The molecule has 2 heterocycles. The molecule has 1 saturated carbocycles. The lowest BCUT2D eigenvalue weighted by molar-refractivity contribution is -0.136. The molecule has 0 spiro atoms. The summed E-state index contributed by atoms with van der Waals surface area (Å²) in [6, 6.07) is 6.96. The standard InChI is InChI=1S/C29H25ClFN3O7/c1-29-18(25(37)33(27(29)39)12-3-8-20(31)19(30)9-12)11-17-14(23(29)15-5-4-13(41-2)10-21(15)35)6-7-16-22(17)26(38)34(24(16)36)28(32)40/h3-6,8-10,16-18,22-23,35H,7,11H2,1-2H3,(H2,32,40). The van der Waals surface area contributed by atoms with Crippen LogP contribution >= 0.6 is 11.6 Å². The maximum atomic E-state index is 14.3. The molecule has 212 valence electrons. The molecule has 2 aliphatic heterocycles. The number of imide groups is 4. The number of aromatic hydroxyl groups is 1. The number of urea groups is 1. The van der Waals surface area contributed by atoms with Crippen molar-refractivity contribution in [1.29, 1.82) is 0 Å². The summed E-state index contributed by atoms with van der Waals surface area (Å²) in [7, 11) is 1.43. The number of nitrogens with zero attached hydrogens (tertiary/aromatic N) is 2. The highest BCUT2D eigenvalue weighted by Crippen LogP contribution is 2.64. The van der Waals surface area contributed by atoms with Crippen LogP contribution in [-0.2, 0) is 19.2 Å². The number of methoxy groups -OCH3 is 1. The number of hydrogen-bond acceptors (Lipinski definition) is 7. The largest absolute Gasteiger partial charge is 0.508 e. The van der Waals surface area contributed by atoms with Crippen molar-refractivity contribution in [3.8, 4) is 11.5 Å². The lowest BCUT2D eigenvalue weighted by Crippen LogP contribution is -2.49. The molecule has 0 radical (unpaired) electrons. The number of likely N-dealkylation sites (tertiary alicyclic amines) is 1. The van der Waals surface area contributed by atoms with Crippen molar-refractivity contribution in [3.05, 3.63) is 64.5 Å². The van der Waals surface area contributed by atoms with Gasteiger partial charge in [-0.15, -0.1) is 0 Å². The van der Waals surface area contributed by atoms with E-state index in [1.54, 1.807) is 25.1 Å². The number of carbonyl (C=O) groups is 5. The summed E-state index contributed by atoms with van der Waals surface area (Å²) >= 11 is 5.99.